The number of halogens is 2. The van der Waals surface area contributed by atoms with Gasteiger partial charge in [-0.2, -0.15) is 5.10 Å². The van der Waals surface area contributed by atoms with Crippen LogP contribution < -0.4 is 10.9 Å². The number of aromatic amines is 1. The molecular weight excluding hydrogens is 406 g/mol. The molecule has 0 aliphatic heterocycles. The molecule has 31 heavy (non-hydrogen) atoms. The third-order valence-corrected chi connectivity index (χ3v) is 5.15. The van der Waals surface area contributed by atoms with Gasteiger partial charge in [0.25, 0.3) is 5.56 Å². The third-order valence-electron chi connectivity index (χ3n) is 5.15. The van der Waals surface area contributed by atoms with E-state index >= 15 is 0 Å². The molecule has 4 rings (SSSR count). The number of hydrogen-bond acceptors (Lipinski definition) is 4. The van der Waals surface area contributed by atoms with Crippen molar-refractivity contribution in [3.05, 3.63) is 80.5 Å². The van der Waals surface area contributed by atoms with Crippen molar-refractivity contribution in [1.82, 2.24) is 24.4 Å². The first kappa shape index (κ1) is 20.5. The van der Waals surface area contributed by atoms with Crippen molar-refractivity contribution in [3.63, 3.8) is 0 Å². The Bertz CT molecular complexity index is 1370. The van der Waals surface area contributed by atoms with E-state index in [0.29, 0.717) is 34.0 Å². The van der Waals surface area contributed by atoms with E-state index in [1.165, 1.54) is 10.7 Å². The fourth-order valence-corrected chi connectivity index (χ4v) is 3.54. The summed E-state index contributed by atoms with van der Waals surface area (Å²) in [5.74, 6) is -1.04. The van der Waals surface area contributed by atoms with Gasteiger partial charge in [0.2, 0.25) is 5.91 Å². The van der Waals surface area contributed by atoms with Gasteiger partial charge in [-0.15, -0.1) is 0 Å². The lowest BCUT2D eigenvalue weighted by molar-refractivity contribution is -0.115. The number of fused-ring (bicyclic) bond motifs is 1. The van der Waals surface area contributed by atoms with Crippen LogP contribution in [0.25, 0.3) is 5.65 Å². The highest BCUT2D eigenvalue weighted by atomic mass is 19.1. The van der Waals surface area contributed by atoms with Gasteiger partial charge in [-0.3, -0.25) is 14.7 Å². The Hall–Kier alpha value is -3.82. The van der Waals surface area contributed by atoms with E-state index in [1.807, 2.05) is 0 Å². The molecule has 8 nitrogen and oxygen atoms in total. The molecule has 0 spiro atoms. The summed E-state index contributed by atoms with van der Waals surface area (Å²) in [5.41, 5.74) is 3.02. The minimum absolute atomic E-state index is 0.0137. The molecule has 1 amide bonds. The molecule has 160 valence electrons. The number of H-pyrrole nitrogens is 1. The van der Waals surface area contributed by atoms with Crippen LogP contribution in [0.4, 0.5) is 14.6 Å². The summed E-state index contributed by atoms with van der Waals surface area (Å²) in [5, 5.41) is 9.64. The van der Waals surface area contributed by atoms with E-state index in [0.717, 1.165) is 18.2 Å². The average Bonchev–Trinajstić information content (AvgIpc) is 3.24. The number of nitrogens with one attached hydrogen (secondary N) is 2. The van der Waals surface area contributed by atoms with Crippen LogP contribution in [0, 0.1) is 32.4 Å². The molecule has 0 bridgehead atoms. The van der Waals surface area contributed by atoms with Gasteiger partial charge in [0.05, 0.1) is 19.2 Å². The van der Waals surface area contributed by atoms with Gasteiger partial charge in [0.15, 0.2) is 5.65 Å². The monoisotopic (exact) mass is 426 g/mol. The van der Waals surface area contributed by atoms with E-state index < -0.39 is 11.6 Å². The summed E-state index contributed by atoms with van der Waals surface area (Å²) in [6.07, 6.45) is 1.56. The Balaban J connectivity index is 1.59. The zero-order valence-corrected chi connectivity index (χ0v) is 17.2. The van der Waals surface area contributed by atoms with Crippen LogP contribution in [0.1, 0.15) is 28.1 Å². The van der Waals surface area contributed by atoms with Crippen molar-refractivity contribution in [1.29, 1.82) is 0 Å². The predicted octanol–water partition coefficient (Wildman–Crippen LogP) is 2.65. The Labute approximate surface area is 175 Å². The first-order chi connectivity index (χ1) is 14.7. The predicted molar refractivity (Wildman–Crippen MR) is 110 cm³/mol. The number of rotatable bonds is 5. The van der Waals surface area contributed by atoms with Crippen LogP contribution in [0.3, 0.4) is 0 Å². The van der Waals surface area contributed by atoms with Crippen LogP contribution in [0.15, 0.2) is 35.3 Å². The van der Waals surface area contributed by atoms with Crippen molar-refractivity contribution < 1.29 is 13.6 Å². The molecule has 1 aromatic carbocycles. The second kappa shape index (κ2) is 7.78. The van der Waals surface area contributed by atoms with Crippen LogP contribution in [-0.2, 0) is 17.8 Å². The molecule has 10 heteroatoms. The number of amides is 1. The topological polar surface area (TPSA) is 97.1 Å². The largest absolute Gasteiger partial charge is 0.310 e. The van der Waals surface area contributed by atoms with Crippen LogP contribution in [0.5, 0.6) is 0 Å². The normalized spacial score (nSPS) is 11.3. The number of carbonyl (C=O) groups excluding carboxylic acids is 1. The van der Waals surface area contributed by atoms with Gasteiger partial charge >= 0.3 is 0 Å². The lowest BCUT2D eigenvalue weighted by Gasteiger charge is -2.13. The number of anilines is 1. The van der Waals surface area contributed by atoms with Crippen molar-refractivity contribution in [2.45, 2.75) is 33.7 Å². The molecule has 0 saturated carbocycles. The van der Waals surface area contributed by atoms with Gasteiger partial charge < -0.3 is 5.32 Å². The molecule has 3 heterocycles. The number of aromatic nitrogens is 5. The quantitative estimate of drug-likeness (QED) is 0.513. The van der Waals surface area contributed by atoms with E-state index in [-0.39, 0.29) is 30.0 Å². The summed E-state index contributed by atoms with van der Waals surface area (Å²) in [4.78, 5) is 28.8. The van der Waals surface area contributed by atoms with E-state index in [4.69, 9.17) is 0 Å². The lowest BCUT2D eigenvalue weighted by atomic mass is 10.1. The molecule has 0 saturated heterocycles. The summed E-state index contributed by atoms with van der Waals surface area (Å²) < 4.78 is 30.5. The smallest absolute Gasteiger partial charge is 0.266 e. The highest BCUT2D eigenvalue weighted by Crippen LogP contribution is 2.20. The molecule has 4 aromatic rings. The summed E-state index contributed by atoms with van der Waals surface area (Å²) in [6.45, 7) is 5.29. The van der Waals surface area contributed by atoms with Crippen molar-refractivity contribution in [2.24, 2.45) is 0 Å². The van der Waals surface area contributed by atoms with Gasteiger partial charge in [0, 0.05) is 34.1 Å². The first-order valence-corrected chi connectivity index (χ1v) is 9.57. The number of aryl methyl sites for hydroxylation is 3. The highest BCUT2D eigenvalue weighted by molar-refractivity contribution is 5.92. The van der Waals surface area contributed by atoms with Gasteiger partial charge in [-0.05, 0) is 39.0 Å². The molecular formula is C21H20F2N6O2. The summed E-state index contributed by atoms with van der Waals surface area (Å²) >= 11 is 0. The number of hydrogen-bond donors (Lipinski definition) is 2. The first-order valence-electron chi connectivity index (χ1n) is 9.57. The maximum Gasteiger partial charge on any atom is 0.266 e. The SMILES string of the molecule is Cc1cnn(Cc2cc(F)ccc2F)c1NC(=O)Cc1c(C)nc2cc(=O)[nH]n2c1C. The Kier molecular flexibility index (Phi) is 5.14. The Morgan fingerprint density at radius 1 is 1.19 bits per heavy atom. The molecule has 0 aliphatic carbocycles. The zero-order valence-electron chi connectivity index (χ0n) is 17.2. The standard InChI is InChI=1S/C21H20F2N6O2/c1-11-9-24-28(10-14-6-15(22)4-5-17(14)23)21(11)26-19(30)7-16-12(2)25-18-8-20(31)27-29(18)13(16)3/h4-6,8-9H,7,10H2,1-3H3,(H,26,30)(H,27,31). The number of carbonyl (C=O) groups is 1. The molecule has 0 radical (unpaired) electrons. The molecule has 0 unspecified atom stereocenters. The molecule has 0 atom stereocenters. The minimum atomic E-state index is -0.557. The third kappa shape index (κ3) is 3.96. The van der Waals surface area contributed by atoms with Crippen molar-refractivity contribution in [2.75, 3.05) is 5.32 Å². The van der Waals surface area contributed by atoms with Crippen molar-refractivity contribution >= 4 is 17.4 Å². The van der Waals surface area contributed by atoms with Crippen molar-refractivity contribution in [3.8, 4) is 0 Å². The zero-order chi connectivity index (χ0) is 22.3. The Morgan fingerprint density at radius 2 is 1.97 bits per heavy atom. The number of nitrogens with zero attached hydrogens (tertiary/aromatic N) is 4. The summed E-state index contributed by atoms with van der Waals surface area (Å²) in [7, 11) is 0. The fourth-order valence-electron chi connectivity index (χ4n) is 3.54. The van der Waals surface area contributed by atoms with Crippen LogP contribution >= 0.6 is 0 Å². The maximum atomic E-state index is 14.0. The van der Waals surface area contributed by atoms with E-state index in [2.05, 4.69) is 20.5 Å². The van der Waals surface area contributed by atoms with E-state index in [1.54, 1.807) is 31.5 Å². The molecule has 0 fully saturated rings. The van der Waals surface area contributed by atoms with Gasteiger partial charge in [-0.1, -0.05) is 0 Å². The summed E-state index contributed by atoms with van der Waals surface area (Å²) in [6, 6.07) is 4.59. The average molecular weight is 426 g/mol. The van der Waals surface area contributed by atoms with Crippen LogP contribution in [0.2, 0.25) is 0 Å². The maximum absolute atomic E-state index is 14.0. The molecule has 2 N–H and O–H groups in total. The second-order valence-electron chi connectivity index (χ2n) is 7.37. The molecule has 3 aromatic heterocycles. The van der Waals surface area contributed by atoms with Gasteiger partial charge in [-0.25, -0.2) is 23.0 Å². The number of benzene rings is 1. The fraction of sp³-hybridized carbons (Fsp3) is 0.238. The highest BCUT2D eigenvalue weighted by Gasteiger charge is 2.17. The minimum Gasteiger partial charge on any atom is -0.310 e. The second-order valence-corrected chi connectivity index (χ2v) is 7.37. The van der Waals surface area contributed by atoms with Gasteiger partial charge in [0.1, 0.15) is 17.5 Å². The van der Waals surface area contributed by atoms with E-state index in [9.17, 15) is 18.4 Å². The lowest BCUT2D eigenvalue weighted by Crippen LogP contribution is -2.21. The molecule has 0 aliphatic rings. The Morgan fingerprint density at radius 3 is 2.74 bits per heavy atom. The van der Waals surface area contributed by atoms with Crippen LogP contribution in [-0.4, -0.2) is 30.3 Å².